The molecule has 0 aliphatic heterocycles. The zero-order valence-electron chi connectivity index (χ0n) is 22.6. The highest BCUT2D eigenvalue weighted by Gasteiger charge is 2.37. The number of benzene rings is 3. The summed E-state index contributed by atoms with van der Waals surface area (Å²) < 4.78 is 26.4. The Hall–Kier alpha value is -4.47. The highest BCUT2D eigenvalue weighted by molar-refractivity contribution is 6.02. The number of nitrogens with one attached hydrogen (secondary N) is 1. The van der Waals surface area contributed by atoms with Crippen LogP contribution in [0.5, 0.6) is 11.5 Å². The van der Waals surface area contributed by atoms with Gasteiger partial charge < -0.3 is 14.8 Å². The van der Waals surface area contributed by atoms with Crippen LogP contribution in [0.3, 0.4) is 0 Å². The van der Waals surface area contributed by atoms with Crippen molar-refractivity contribution in [1.82, 2.24) is 20.3 Å². The Labute approximate surface area is 226 Å². The molecule has 3 aromatic carbocycles. The summed E-state index contributed by atoms with van der Waals surface area (Å²) in [4.78, 5) is 29.5. The molecule has 0 bridgehead atoms. The van der Waals surface area contributed by atoms with E-state index in [1.165, 1.54) is 48.1 Å². The van der Waals surface area contributed by atoms with Gasteiger partial charge in [0.05, 0.1) is 19.7 Å². The molecular formula is C29H32FN5O4. The Morgan fingerprint density at radius 3 is 2.44 bits per heavy atom. The number of halogens is 1. The minimum atomic E-state index is -1.16. The SMILES string of the molecule is CCC(C)(C)NC(=O)[C@H](c1ccc(OC)cc1OC)N(C(=O)Cn1nnc2ccccc21)c1ccc(F)cc1. The minimum absolute atomic E-state index is 0.211. The number of fused-ring (bicyclic) bond motifs is 1. The van der Waals surface area contributed by atoms with Crippen molar-refractivity contribution in [1.29, 1.82) is 0 Å². The van der Waals surface area contributed by atoms with Crippen LogP contribution in [0.2, 0.25) is 0 Å². The molecule has 1 aromatic heterocycles. The number of nitrogens with zero attached hydrogens (tertiary/aromatic N) is 4. The molecule has 0 radical (unpaired) electrons. The second kappa shape index (κ2) is 11.5. The molecule has 1 atom stereocenters. The number of methoxy groups -OCH3 is 2. The van der Waals surface area contributed by atoms with Gasteiger partial charge in [0.1, 0.15) is 35.4 Å². The number of anilines is 1. The number of para-hydroxylation sites is 1. The number of carbonyl (C=O) groups excluding carboxylic acids is 2. The smallest absolute Gasteiger partial charge is 0.249 e. The molecule has 2 amide bonds. The average molecular weight is 534 g/mol. The van der Waals surface area contributed by atoms with Crippen LogP contribution in [0.25, 0.3) is 11.0 Å². The van der Waals surface area contributed by atoms with E-state index in [-0.39, 0.29) is 6.54 Å². The Bertz CT molecular complexity index is 1470. The third-order valence-electron chi connectivity index (χ3n) is 6.67. The zero-order chi connectivity index (χ0) is 28.2. The largest absolute Gasteiger partial charge is 0.497 e. The van der Waals surface area contributed by atoms with Crippen molar-refractivity contribution < 1.29 is 23.5 Å². The van der Waals surface area contributed by atoms with Crippen LogP contribution in [0.15, 0.2) is 66.7 Å². The van der Waals surface area contributed by atoms with Gasteiger partial charge in [-0.15, -0.1) is 5.10 Å². The van der Waals surface area contributed by atoms with E-state index in [9.17, 15) is 14.0 Å². The fourth-order valence-corrected chi connectivity index (χ4v) is 4.21. The van der Waals surface area contributed by atoms with Gasteiger partial charge in [-0.1, -0.05) is 24.3 Å². The lowest BCUT2D eigenvalue weighted by atomic mass is 9.97. The fraction of sp³-hybridized carbons (Fsp3) is 0.310. The van der Waals surface area contributed by atoms with Gasteiger partial charge in [0.25, 0.3) is 0 Å². The number of carbonyl (C=O) groups is 2. The average Bonchev–Trinajstić information content (AvgIpc) is 3.34. The summed E-state index contributed by atoms with van der Waals surface area (Å²) in [5.74, 6) is -0.466. The van der Waals surface area contributed by atoms with Gasteiger partial charge in [-0.05, 0) is 68.8 Å². The molecule has 0 aliphatic carbocycles. The first-order chi connectivity index (χ1) is 18.7. The van der Waals surface area contributed by atoms with Crippen molar-refractivity contribution in [3.63, 3.8) is 0 Å². The number of hydrogen-bond acceptors (Lipinski definition) is 6. The zero-order valence-corrected chi connectivity index (χ0v) is 22.6. The van der Waals surface area contributed by atoms with E-state index in [0.717, 1.165) is 0 Å². The molecule has 0 fully saturated rings. The van der Waals surface area contributed by atoms with Crippen molar-refractivity contribution >= 4 is 28.5 Å². The molecule has 4 aromatic rings. The normalized spacial score (nSPS) is 12.2. The van der Waals surface area contributed by atoms with Crippen molar-refractivity contribution in [3.8, 4) is 11.5 Å². The molecule has 9 nitrogen and oxygen atoms in total. The molecule has 0 spiro atoms. The maximum atomic E-state index is 14.1. The summed E-state index contributed by atoms with van der Waals surface area (Å²) in [6.45, 7) is 5.55. The summed E-state index contributed by atoms with van der Waals surface area (Å²) in [7, 11) is 3.01. The van der Waals surface area contributed by atoms with Crippen molar-refractivity contribution in [2.24, 2.45) is 0 Å². The number of ether oxygens (including phenoxy) is 2. The number of aromatic nitrogens is 3. The lowest BCUT2D eigenvalue weighted by Crippen LogP contribution is -2.51. The molecule has 0 unspecified atom stereocenters. The van der Waals surface area contributed by atoms with E-state index in [1.807, 2.05) is 39.0 Å². The first kappa shape index (κ1) is 27.6. The summed E-state index contributed by atoms with van der Waals surface area (Å²) in [6.07, 6.45) is 0.653. The van der Waals surface area contributed by atoms with Crippen LogP contribution in [-0.2, 0) is 16.1 Å². The molecule has 0 saturated carbocycles. The van der Waals surface area contributed by atoms with E-state index in [4.69, 9.17) is 9.47 Å². The van der Waals surface area contributed by atoms with E-state index >= 15 is 0 Å². The number of rotatable bonds is 10. The molecule has 204 valence electrons. The van der Waals surface area contributed by atoms with E-state index in [0.29, 0.717) is 40.2 Å². The third kappa shape index (κ3) is 6.00. The summed E-state index contributed by atoms with van der Waals surface area (Å²) in [6, 6.07) is 16.6. The second-order valence-corrected chi connectivity index (χ2v) is 9.71. The standard InChI is InChI=1S/C29H32FN5O4/c1-6-29(2,3)31-28(37)27(22-16-15-21(38-4)17-25(22)39-5)35(20-13-11-19(30)12-14-20)26(36)18-34-24-10-8-7-9-23(24)32-33-34/h7-17,27H,6,18H2,1-5H3,(H,31,37)/t27-/m0/s1. The van der Waals surface area contributed by atoms with Gasteiger partial charge in [0, 0.05) is 22.9 Å². The quantitative estimate of drug-likeness (QED) is 0.318. The van der Waals surface area contributed by atoms with Crippen molar-refractivity contribution in [2.75, 3.05) is 19.1 Å². The molecule has 1 heterocycles. The highest BCUT2D eigenvalue weighted by atomic mass is 19.1. The number of hydrogen-bond donors (Lipinski definition) is 1. The predicted octanol–water partition coefficient (Wildman–Crippen LogP) is 4.67. The van der Waals surface area contributed by atoms with Crippen LogP contribution >= 0.6 is 0 Å². The molecule has 1 N–H and O–H groups in total. The molecule has 4 rings (SSSR count). The van der Waals surface area contributed by atoms with E-state index in [2.05, 4.69) is 15.6 Å². The second-order valence-electron chi connectivity index (χ2n) is 9.71. The topological polar surface area (TPSA) is 98.6 Å². The van der Waals surface area contributed by atoms with Gasteiger partial charge in [-0.25, -0.2) is 9.07 Å². The number of amides is 2. The van der Waals surface area contributed by atoms with Crippen LogP contribution in [0, 0.1) is 5.82 Å². The summed E-state index contributed by atoms with van der Waals surface area (Å²) in [5.41, 5.74) is 1.51. The lowest BCUT2D eigenvalue weighted by molar-refractivity contribution is -0.128. The third-order valence-corrected chi connectivity index (χ3v) is 6.67. The van der Waals surface area contributed by atoms with E-state index in [1.54, 1.807) is 24.3 Å². The van der Waals surface area contributed by atoms with Gasteiger partial charge in [-0.3, -0.25) is 14.5 Å². The predicted molar refractivity (Wildman–Crippen MR) is 146 cm³/mol. The maximum absolute atomic E-state index is 14.1. The maximum Gasteiger partial charge on any atom is 0.249 e. The Balaban J connectivity index is 1.87. The Morgan fingerprint density at radius 2 is 1.77 bits per heavy atom. The van der Waals surface area contributed by atoms with Crippen LogP contribution in [-0.4, -0.2) is 46.6 Å². The summed E-state index contributed by atoms with van der Waals surface area (Å²) in [5, 5.41) is 11.3. The molecule has 0 saturated heterocycles. The molecule has 39 heavy (non-hydrogen) atoms. The molecular weight excluding hydrogens is 501 g/mol. The lowest BCUT2D eigenvalue weighted by Gasteiger charge is -2.35. The van der Waals surface area contributed by atoms with Gasteiger partial charge >= 0.3 is 0 Å². The van der Waals surface area contributed by atoms with Gasteiger partial charge in [0.2, 0.25) is 11.8 Å². The molecule has 10 heteroatoms. The van der Waals surface area contributed by atoms with Crippen LogP contribution < -0.4 is 19.7 Å². The van der Waals surface area contributed by atoms with Gasteiger partial charge in [0.15, 0.2) is 0 Å². The van der Waals surface area contributed by atoms with E-state index < -0.39 is 29.2 Å². The van der Waals surface area contributed by atoms with Crippen LogP contribution in [0.4, 0.5) is 10.1 Å². The first-order valence-electron chi connectivity index (χ1n) is 12.6. The Morgan fingerprint density at radius 1 is 1.05 bits per heavy atom. The first-order valence-corrected chi connectivity index (χ1v) is 12.6. The van der Waals surface area contributed by atoms with Gasteiger partial charge in [-0.2, -0.15) is 0 Å². The van der Waals surface area contributed by atoms with Crippen molar-refractivity contribution in [2.45, 2.75) is 45.3 Å². The monoisotopic (exact) mass is 533 g/mol. The molecule has 0 aliphatic rings. The Kier molecular flexibility index (Phi) is 8.13. The summed E-state index contributed by atoms with van der Waals surface area (Å²) >= 11 is 0. The minimum Gasteiger partial charge on any atom is -0.497 e. The highest BCUT2D eigenvalue weighted by Crippen LogP contribution is 2.36. The van der Waals surface area contributed by atoms with Crippen LogP contribution in [0.1, 0.15) is 38.8 Å². The van der Waals surface area contributed by atoms with Crippen molar-refractivity contribution in [3.05, 3.63) is 78.1 Å². The fourth-order valence-electron chi connectivity index (χ4n) is 4.21.